The molecule has 1 fully saturated rings. The number of amides is 1. The highest BCUT2D eigenvalue weighted by Crippen LogP contribution is 2.29. The second-order valence-corrected chi connectivity index (χ2v) is 10.3. The Morgan fingerprint density at radius 3 is 2.24 bits per heavy atom. The number of sulfonamides is 1. The van der Waals surface area contributed by atoms with E-state index < -0.39 is 16.1 Å². The molecule has 1 atom stereocenters. The van der Waals surface area contributed by atoms with Crippen LogP contribution in [0.2, 0.25) is 0 Å². The average molecular weight is 469 g/mol. The van der Waals surface area contributed by atoms with Gasteiger partial charge in [-0.1, -0.05) is 67.5 Å². The molecule has 0 radical (unpaired) electrons. The van der Waals surface area contributed by atoms with Crippen LogP contribution in [0.4, 0.5) is 0 Å². The molecule has 9 heteroatoms. The molecule has 2 aromatic carbocycles. The van der Waals surface area contributed by atoms with Crippen molar-refractivity contribution in [1.29, 1.82) is 0 Å². The summed E-state index contributed by atoms with van der Waals surface area (Å²) in [6.07, 6.45) is 1.36. The van der Waals surface area contributed by atoms with Crippen LogP contribution >= 0.6 is 0 Å². The van der Waals surface area contributed by atoms with Crippen LogP contribution in [0, 0.1) is 5.92 Å². The van der Waals surface area contributed by atoms with Crippen LogP contribution in [0.15, 0.2) is 70.1 Å². The topological polar surface area (TPSA) is 105 Å². The number of likely N-dealkylation sites (tertiary alicyclic amines) is 1. The monoisotopic (exact) mass is 468 g/mol. The average Bonchev–Trinajstić information content (AvgIpc) is 3.34. The Labute approximate surface area is 194 Å². The SMILES string of the molecule is CC(C)[C@H](NS(=O)(=O)c1ccccc1)C(=O)N1CCC(c2nc(-c3ccccc3)no2)CC1. The Kier molecular flexibility index (Phi) is 6.90. The maximum absolute atomic E-state index is 13.2. The van der Waals surface area contributed by atoms with Gasteiger partial charge in [0.1, 0.15) is 6.04 Å². The summed E-state index contributed by atoms with van der Waals surface area (Å²) >= 11 is 0. The number of rotatable bonds is 7. The van der Waals surface area contributed by atoms with E-state index >= 15 is 0 Å². The van der Waals surface area contributed by atoms with Gasteiger partial charge in [-0.3, -0.25) is 4.79 Å². The first kappa shape index (κ1) is 23.1. The Balaban J connectivity index is 1.40. The van der Waals surface area contributed by atoms with E-state index in [4.69, 9.17) is 4.52 Å². The summed E-state index contributed by atoms with van der Waals surface area (Å²) in [6.45, 7) is 4.68. The first-order valence-corrected chi connectivity index (χ1v) is 12.6. The third-order valence-corrected chi connectivity index (χ3v) is 7.35. The number of nitrogens with one attached hydrogen (secondary N) is 1. The van der Waals surface area contributed by atoms with Crippen molar-refractivity contribution >= 4 is 15.9 Å². The number of aromatic nitrogens is 2. The van der Waals surface area contributed by atoms with Crippen molar-refractivity contribution in [3.05, 3.63) is 66.6 Å². The molecule has 1 aliphatic rings. The summed E-state index contributed by atoms with van der Waals surface area (Å²) in [4.78, 5) is 19.6. The molecule has 0 aliphatic carbocycles. The Bertz CT molecular complexity index is 1170. The maximum Gasteiger partial charge on any atom is 0.241 e. The smallest absolute Gasteiger partial charge is 0.241 e. The van der Waals surface area contributed by atoms with Gasteiger partial charge < -0.3 is 9.42 Å². The zero-order valence-corrected chi connectivity index (χ0v) is 19.5. The van der Waals surface area contributed by atoms with E-state index in [2.05, 4.69) is 14.9 Å². The van der Waals surface area contributed by atoms with Crippen LogP contribution in [-0.4, -0.2) is 48.5 Å². The molecule has 0 unspecified atom stereocenters. The molecule has 8 nitrogen and oxygen atoms in total. The van der Waals surface area contributed by atoms with E-state index in [1.807, 2.05) is 44.2 Å². The van der Waals surface area contributed by atoms with E-state index in [0.717, 1.165) is 5.56 Å². The Morgan fingerprint density at radius 1 is 1.03 bits per heavy atom. The van der Waals surface area contributed by atoms with Crippen LogP contribution in [-0.2, 0) is 14.8 Å². The number of hydrogen-bond acceptors (Lipinski definition) is 6. The number of hydrogen-bond donors (Lipinski definition) is 1. The molecule has 1 aromatic heterocycles. The number of benzene rings is 2. The highest BCUT2D eigenvalue weighted by atomic mass is 32.2. The van der Waals surface area contributed by atoms with E-state index in [9.17, 15) is 13.2 Å². The minimum Gasteiger partial charge on any atom is -0.341 e. The lowest BCUT2D eigenvalue weighted by Crippen LogP contribution is -2.52. The van der Waals surface area contributed by atoms with Crippen molar-refractivity contribution in [2.75, 3.05) is 13.1 Å². The van der Waals surface area contributed by atoms with Crippen LogP contribution in [0.1, 0.15) is 38.5 Å². The molecule has 1 amide bonds. The zero-order chi connectivity index (χ0) is 23.4. The van der Waals surface area contributed by atoms with Gasteiger partial charge in [-0.25, -0.2) is 8.42 Å². The van der Waals surface area contributed by atoms with Gasteiger partial charge in [-0.15, -0.1) is 0 Å². The fraction of sp³-hybridized carbons (Fsp3) is 0.375. The van der Waals surface area contributed by atoms with Crippen molar-refractivity contribution in [2.45, 2.75) is 43.5 Å². The summed E-state index contributed by atoms with van der Waals surface area (Å²) < 4.78 is 33.7. The van der Waals surface area contributed by atoms with E-state index in [-0.39, 0.29) is 22.6 Å². The zero-order valence-electron chi connectivity index (χ0n) is 18.7. The van der Waals surface area contributed by atoms with Crippen molar-refractivity contribution < 1.29 is 17.7 Å². The lowest BCUT2D eigenvalue weighted by Gasteiger charge is -2.34. The second-order valence-electron chi connectivity index (χ2n) is 8.58. The van der Waals surface area contributed by atoms with Gasteiger partial charge in [0.15, 0.2) is 0 Å². The molecule has 0 saturated carbocycles. The molecule has 1 saturated heterocycles. The Hall–Kier alpha value is -3.04. The summed E-state index contributed by atoms with van der Waals surface area (Å²) in [5, 5.41) is 4.09. The predicted octanol–water partition coefficient (Wildman–Crippen LogP) is 3.45. The lowest BCUT2D eigenvalue weighted by molar-refractivity contribution is -0.135. The standard InChI is InChI=1S/C24H28N4O4S/c1-17(2)21(27-33(30,31)20-11-7-4-8-12-20)24(29)28-15-13-19(14-16-28)23-25-22(26-32-23)18-9-5-3-6-10-18/h3-12,17,19,21,27H,13-16H2,1-2H3/t21-/m0/s1. The molecular weight excluding hydrogens is 440 g/mol. The first-order valence-electron chi connectivity index (χ1n) is 11.1. The van der Waals surface area contributed by atoms with Gasteiger partial charge in [0.25, 0.3) is 0 Å². The van der Waals surface area contributed by atoms with Gasteiger partial charge in [0, 0.05) is 24.6 Å². The molecule has 2 heterocycles. The van der Waals surface area contributed by atoms with Crippen molar-refractivity contribution in [3.8, 4) is 11.4 Å². The van der Waals surface area contributed by atoms with Crippen LogP contribution in [0.3, 0.4) is 0 Å². The van der Waals surface area contributed by atoms with Crippen LogP contribution in [0.25, 0.3) is 11.4 Å². The number of piperidine rings is 1. The number of nitrogens with zero attached hydrogens (tertiary/aromatic N) is 3. The molecular formula is C24H28N4O4S. The van der Waals surface area contributed by atoms with E-state index in [1.165, 1.54) is 12.1 Å². The molecule has 0 spiro atoms. The minimum atomic E-state index is -3.80. The molecule has 3 aromatic rings. The van der Waals surface area contributed by atoms with Crippen molar-refractivity contribution in [3.63, 3.8) is 0 Å². The minimum absolute atomic E-state index is 0.0672. The normalized spacial score (nSPS) is 16.2. The predicted molar refractivity (Wildman–Crippen MR) is 124 cm³/mol. The lowest BCUT2D eigenvalue weighted by atomic mass is 9.95. The highest BCUT2D eigenvalue weighted by molar-refractivity contribution is 7.89. The summed E-state index contributed by atoms with van der Waals surface area (Å²) in [5.41, 5.74) is 0.894. The van der Waals surface area contributed by atoms with Crippen LogP contribution < -0.4 is 4.72 Å². The molecule has 0 bridgehead atoms. The second kappa shape index (κ2) is 9.84. The molecule has 33 heavy (non-hydrogen) atoms. The fourth-order valence-electron chi connectivity index (χ4n) is 3.96. The molecule has 4 rings (SSSR count). The summed E-state index contributed by atoms with van der Waals surface area (Å²) in [5.74, 6) is 0.791. The third-order valence-electron chi connectivity index (χ3n) is 5.90. The largest absolute Gasteiger partial charge is 0.341 e. The van der Waals surface area contributed by atoms with Gasteiger partial charge in [-0.2, -0.15) is 9.71 Å². The van der Waals surface area contributed by atoms with Gasteiger partial charge in [-0.05, 0) is 30.9 Å². The van der Waals surface area contributed by atoms with E-state index in [1.54, 1.807) is 23.1 Å². The van der Waals surface area contributed by atoms with Crippen LogP contribution in [0.5, 0.6) is 0 Å². The van der Waals surface area contributed by atoms with Gasteiger partial charge in [0.2, 0.25) is 27.6 Å². The van der Waals surface area contributed by atoms with Crippen molar-refractivity contribution in [1.82, 2.24) is 19.8 Å². The van der Waals surface area contributed by atoms with Gasteiger partial charge in [0.05, 0.1) is 4.90 Å². The van der Waals surface area contributed by atoms with Crippen molar-refractivity contribution in [2.24, 2.45) is 5.92 Å². The molecule has 1 N–H and O–H groups in total. The summed E-state index contributed by atoms with van der Waals surface area (Å²) in [6, 6.07) is 16.9. The van der Waals surface area contributed by atoms with Gasteiger partial charge >= 0.3 is 0 Å². The maximum atomic E-state index is 13.2. The van der Waals surface area contributed by atoms with E-state index in [0.29, 0.717) is 37.6 Å². The fourth-order valence-corrected chi connectivity index (χ4v) is 5.31. The molecule has 1 aliphatic heterocycles. The number of carbonyl (C=O) groups is 1. The first-order chi connectivity index (χ1) is 15.8. The quantitative estimate of drug-likeness (QED) is 0.569. The highest BCUT2D eigenvalue weighted by Gasteiger charge is 2.34. The Morgan fingerprint density at radius 2 is 1.64 bits per heavy atom. The third kappa shape index (κ3) is 5.31. The number of carbonyl (C=O) groups excluding carboxylic acids is 1. The summed E-state index contributed by atoms with van der Waals surface area (Å²) in [7, 11) is -3.80. The molecule has 174 valence electrons.